The highest BCUT2D eigenvalue weighted by atomic mass is 32.2. The lowest BCUT2D eigenvalue weighted by atomic mass is 10.1. The first-order chi connectivity index (χ1) is 13.7. The first kappa shape index (κ1) is 23.9. The van der Waals surface area contributed by atoms with Gasteiger partial charge in [0.05, 0.1) is 22.9 Å². The fourth-order valence-electron chi connectivity index (χ4n) is 3.31. The van der Waals surface area contributed by atoms with E-state index in [0.717, 1.165) is 27.9 Å². The molecule has 0 aliphatic rings. The summed E-state index contributed by atoms with van der Waals surface area (Å²) in [6, 6.07) is 10.2. The summed E-state index contributed by atoms with van der Waals surface area (Å²) >= 11 is 0. The molecule has 0 saturated carbocycles. The Kier molecular flexibility index (Phi) is 6.98. The van der Waals surface area contributed by atoms with Gasteiger partial charge in [0.15, 0.2) is 9.84 Å². The number of carbonyl (C=O) groups excluding carboxylic acids is 1. The minimum absolute atomic E-state index is 0.191. The van der Waals surface area contributed by atoms with Gasteiger partial charge in [-0.2, -0.15) is 0 Å². The molecule has 7 nitrogen and oxygen atoms in total. The van der Waals surface area contributed by atoms with Crippen molar-refractivity contribution in [1.29, 1.82) is 0 Å². The van der Waals surface area contributed by atoms with Crippen molar-refractivity contribution in [2.24, 2.45) is 0 Å². The second-order valence-electron chi connectivity index (χ2n) is 7.65. The highest BCUT2D eigenvalue weighted by Gasteiger charge is 2.30. The van der Waals surface area contributed by atoms with Crippen molar-refractivity contribution in [2.45, 2.75) is 44.7 Å². The van der Waals surface area contributed by atoms with Crippen LogP contribution in [-0.2, 0) is 24.7 Å². The number of sulfone groups is 1. The first-order valence-corrected chi connectivity index (χ1v) is 13.1. The average Bonchev–Trinajstić information content (AvgIpc) is 2.59. The SMILES string of the molecule is Cc1cc(C)cc(N([C@@H](C)C(=O)N[C@@H](C)c2ccc(S(C)(=O)=O)cc2)S(C)(=O)=O)c1. The average molecular weight is 453 g/mol. The standard InChI is InChI=1S/C21H28N2O5S2/c1-14-11-15(2)13-19(12-14)23(30(6,27)28)17(4)21(24)22-16(3)18-7-9-20(10-8-18)29(5,25)26/h7-13,16-17H,1-6H3,(H,22,24)/t16-,17-/m0/s1. The molecule has 2 atom stereocenters. The number of amides is 1. The molecule has 0 aliphatic carbocycles. The van der Waals surface area contributed by atoms with Crippen LogP contribution in [0.1, 0.15) is 36.6 Å². The summed E-state index contributed by atoms with van der Waals surface area (Å²) in [4.78, 5) is 13.1. The number of nitrogens with one attached hydrogen (secondary N) is 1. The van der Waals surface area contributed by atoms with Crippen molar-refractivity contribution in [1.82, 2.24) is 5.32 Å². The molecule has 30 heavy (non-hydrogen) atoms. The molecule has 1 amide bonds. The van der Waals surface area contributed by atoms with Crippen LogP contribution in [0.25, 0.3) is 0 Å². The van der Waals surface area contributed by atoms with Gasteiger partial charge in [-0.15, -0.1) is 0 Å². The van der Waals surface area contributed by atoms with Crippen LogP contribution in [0.5, 0.6) is 0 Å². The Hall–Kier alpha value is -2.39. The molecule has 0 aliphatic heterocycles. The van der Waals surface area contributed by atoms with Gasteiger partial charge in [0.1, 0.15) is 6.04 Å². The number of rotatable bonds is 7. The molecule has 0 fully saturated rings. The van der Waals surface area contributed by atoms with E-state index in [9.17, 15) is 21.6 Å². The summed E-state index contributed by atoms with van der Waals surface area (Å²) in [5.74, 6) is -0.459. The zero-order valence-corrected chi connectivity index (χ0v) is 19.6. The zero-order valence-electron chi connectivity index (χ0n) is 18.0. The molecular weight excluding hydrogens is 424 g/mol. The lowest BCUT2D eigenvalue weighted by molar-refractivity contribution is -0.122. The van der Waals surface area contributed by atoms with Gasteiger partial charge in [0, 0.05) is 6.26 Å². The summed E-state index contributed by atoms with van der Waals surface area (Å²) < 4.78 is 49.3. The lowest BCUT2D eigenvalue weighted by Crippen LogP contribution is -2.48. The number of benzene rings is 2. The van der Waals surface area contributed by atoms with Crippen molar-refractivity contribution >= 4 is 31.5 Å². The van der Waals surface area contributed by atoms with E-state index in [0.29, 0.717) is 11.3 Å². The van der Waals surface area contributed by atoms with Crippen LogP contribution in [0, 0.1) is 13.8 Å². The van der Waals surface area contributed by atoms with Crippen LogP contribution >= 0.6 is 0 Å². The smallest absolute Gasteiger partial charge is 0.244 e. The van der Waals surface area contributed by atoms with E-state index in [4.69, 9.17) is 0 Å². The lowest BCUT2D eigenvalue weighted by Gasteiger charge is -2.30. The minimum Gasteiger partial charge on any atom is -0.348 e. The van der Waals surface area contributed by atoms with E-state index in [1.165, 1.54) is 19.1 Å². The van der Waals surface area contributed by atoms with Gasteiger partial charge in [-0.05, 0) is 68.7 Å². The van der Waals surface area contributed by atoms with Crippen molar-refractivity contribution in [3.63, 3.8) is 0 Å². The molecule has 0 unspecified atom stereocenters. The third-order valence-electron chi connectivity index (χ3n) is 4.72. The molecule has 1 N–H and O–H groups in total. The van der Waals surface area contributed by atoms with Crippen LogP contribution in [0.4, 0.5) is 5.69 Å². The Bertz CT molecular complexity index is 1120. The van der Waals surface area contributed by atoms with Gasteiger partial charge < -0.3 is 5.32 Å². The van der Waals surface area contributed by atoms with Gasteiger partial charge in [-0.25, -0.2) is 16.8 Å². The normalized spacial score (nSPS) is 14.1. The fourth-order valence-corrected chi connectivity index (χ4v) is 5.10. The van der Waals surface area contributed by atoms with Crippen molar-refractivity contribution in [3.05, 3.63) is 59.2 Å². The molecule has 164 valence electrons. The predicted octanol–water partition coefficient (Wildman–Crippen LogP) is 2.74. The molecule has 2 rings (SSSR count). The van der Waals surface area contributed by atoms with Crippen molar-refractivity contribution < 1.29 is 21.6 Å². The number of aryl methyl sites for hydroxylation is 2. The summed E-state index contributed by atoms with van der Waals surface area (Å²) in [6.07, 6.45) is 2.20. The topological polar surface area (TPSA) is 101 Å². The van der Waals surface area contributed by atoms with E-state index < -0.39 is 37.9 Å². The molecule has 0 aromatic heterocycles. The largest absolute Gasteiger partial charge is 0.348 e. The van der Waals surface area contributed by atoms with E-state index in [1.54, 1.807) is 31.2 Å². The molecule has 9 heteroatoms. The molecule has 0 bridgehead atoms. The molecule has 0 radical (unpaired) electrons. The second-order valence-corrected chi connectivity index (χ2v) is 11.5. The maximum atomic E-state index is 12.9. The van der Waals surface area contributed by atoms with Gasteiger partial charge >= 0.3 is 0 Å². The zero-order chi connectivity index (χ0) is 22.9. The number of nitrogens with zero attached hydrogens (tertiary/aromatic N) is 1. The minimum atomic E-state index is -3.71. The molecule has 2 aromatic carbocycles. The van der Waals surface area contributed by atoms with E-state index in [1.807, 2.05) is 19.9 Å². The third-order valence-corrected chi connectivity index (χ3v) is 7.09. The maximum absolute atomic E-state index is 12.9. The Balaban J connectivity index is 2.27. The van der Waals surface area contributed by atoms with Crippen molar-refractivity contribution in [2.75, 3.05) is 16.8 Å². The summed E-state index contributed by atoms with van der Waals surface area (Å²) in [6.45, 7) is 7.02. The summed E-state index contributed by atoms with van der Waals surface area (Å²) in [5.41, 5.74) is 2.93. The predicted molar refractivity (Wildman–Crippen MR) is 119 cm³/mol. The summed E-state index contributed by atoms with van der Waals surface area (Å²) in [5, 5.41) is 2.81. The van der Waals surface area contributed by atoms with Gasteiger partial charge in [0.25, 0.3) is 0 Å². The second kappa shape index (κ2) is 8.77. The molecular formula is C21H28N2O5S2. The Morgan fingerprint density at radius 2 is 1.40 bits per heavy atom. The Labute approximate surface area is 179 Å². The molecule has 0 heterocycles. The van der Waals surface area contributed by atoms with Crippen molar-refractivity contribution in [3.8, 4) is 0 Å². The van der Waals surface area contributed by atoms with E-state index in [2.05, 4.69) is 5.32 Å². The highest BCUT2D eigenvalue weighted by molar-refractivity contribution is 7.92. The molecule has 2 aromatic rings. The Morgan fingerprint density at radius 1 is 0.900 bits per heavy atom. The number of hydrogen-bond acceptors (Lipinski definition) is 5. The van der Waals surface area contributed by atoms with Gasteiger partial charge in [0.2, 0.25) is 15.9 Å². The monoisotopic (exact) mass is 452 g/mol. The number of hydrogen-bond donors (Lipinski definition) is 1. The van der Waals surface area contributed by atoms with Crippen LogP contribution in [0.2, 0.25) is 0 Å². The van der Waals surface area contributed by atoms with Crippen LogP contribution in [-0.4, -0.2) is 41.3 Å². The van der Waals surface area contributed by atoms with Crippen LogP contribution < -0.4 is 9.62 Å². The maximum Gasteiger partial charge on any atom is 0.244 e. The first-order valence-electron chi connectivity index (χ1n) is 9.38. The van der Waals surface area contributed by atoms with E-state index >= 15 is 0 Å². The number of carbonyl (C=O) groups is 1. The molecule has 0 spiro atoms. The highest BCUT2D eigenvalue weighted by Crippen LogP contribution is 2.24. The fraction of sp³-hybridized carbons (Fsp3) is 0.381. The quantitative estimate of drug-likeness (QED) is 0.696. The van der Waals surface area contributed by atoms with Crippen LogP contribution in [0.3, 0.4) is 0 Å². The van der Waals surface area contributed by atoms with Crippen LogP contribution in [0.15, 0.2) is 47.4 Å². The number of anilines is 1. The van der Waals surface area contributed by atoms with E-state index in [-0.39, 0.29) is 4.90 Å². The molecule has 0 saturated heterocycles. The summed E-state index contributed by atoms with van der Waals surface area (Å²) in [7, 11) is -7.02. The third kappa shape index (κ3) is 5.82. The Morgan fingerprint density at radius 3 is 1.83 bits per heavy atom. The van der Waals surface area contributed by atoms with Gasteiger partial charge in [-0.1, -0.05) is 18.2 Å². The number of sulfonamides is 1. The van der Waals surface area contributed by atoms with Gasteiger partial charge in [-0.3, -0.25) is 9.10 Å².